The number of likely N-dealkylation sites (tertiary alicyclic amines) is 1. The molecule has 2 fully saturated rings. The molecule has 2 aliphatic heterocycles. The fourth-order valence-electron chi connectivity index (χ4n) is 4.69. The molecule has 1 aromatic carbocycles. The molecule has 0 spiro atoms. The maximum atomic E-state index is 15.7. The molecule has 3 aromatic rings. The van der Waals surface area contributed by atoms with Crippen LogP contribution in [0.1, 0.15) is 37.1 Å². The van der Waals surface area contributed by atoms with E-state index in [0.717, 1.165) is 44.0 Å². The van der Waals surface area contributed by atoms with E-state index in [9.17, 15) is 8.42 Å². The average molecular weight is 532 g/mol. The van der Waals surface area contributed by atoms with Crippen molar-refractivity contribution >= 4 is 33.0 Å². The molecule has 4 N–H and O–H groups in total. The number of piperidine rings is 1. The van der Waals surface area contributed by atoms with Crippen molar-refractivity contribution in [3.63, 3.8) is 0 Å². The fraction of sp³-hybridized carbons (Fsp3) is 0.458. The predicted molar refractivity (Wildman–Crippen MR) is 141 cm³/mol. The summed E-state index contributed by atoms with van der Waals surface area (Å²) in [6.45, 7) is 5.86. The Labute approximate surface area is 214 Å². The first-order chi connectivity index (χ1) is 17.3. The fourth-order valence-corrected chi connectivity index (χ4v) is 7.04. The summed E-state index contributed by atoms with van der Waals surface area (Å²) in [6, 6.07) is 7.02. The molecule has 2 aromatic heterocycles. The summed E-state index contributed by atoms with van der Waals surface area (Å²) in [6.07, 6.45) is 3.96. The molecule has 0 atom stereocenters. The van der Waals surface area contributed by atoms with Crippen LogP contribution in [0.25, 0.3) is 21.8 Å². The zero-order valence-corrected chi connectivity index (χ0v) is 21.7. The maximum Gasteiger partial charge on any atom is 0.232 e. The van der Waals surface area contributed by atoms with Crippen LogP contribution in [0.3, 0.4) is 0 Å². The number of anilines is 2. The van der Waals surface area contributed by atoms with Crippen molar-refractivity contribution in [1.29, 1.82) is 0 Å². The van der Waals surface area contributed by atoms with Crippen molar-refractivity contribution in [3.8, 4) is 21.8 Å². The molecule has 0 unspecified atom stereocenters. The third-order valence-corrected chi connectivity index (χ3v) is 9.41. The van der Waals surface area contributed by atoms with Crippen molar-refractivity contribution in [2.75, 3.05) is 42.4 Å². The van der Waals surface area contributed by atoms with Crippen LogP contribution < -0.4 is 15.8 Å². The van der Waals surface area contributed by atoms with Crippen LogP contribution in [0.2, 0.25) is 0 Å². The van der Waals surface area contributed by atoms with Gasteiger partial charge in [0, 0.05) is 36.8 Å². The second-order valence-corrected chi connectivity index (χ2v) is 12.1. The molecule has 9 nitrogen and oxygen atoms in total. The number of nitrogen functional groups attached to an aromatic ring is 1. The van der Waals surface area contributed by atoms with Gasteiger partial charge in [-0.25, -0.2) is 27.8 Å². The Morgan fingerprint density at radius 2 is 2.00 bits per heavy atom. The van der Waals surface area contributed by atoms with E-state index in [4.69, 9.17) is 10.7 Å². The molecular weight excluding hydrogens is 501 g/mol. The molecule has 0 bridgehead atoms. The Bertz CT molecular complexity index is 1340. The number of rotatable bonds is 8. The lowest BCUT2D eigenvalue weighted by Crippen LogP contribution is -2.58. The third kappa shape index (κ3) is 5.22. The maximum absolute atomic E-state index is 15.7. The number of nitrogens with zero attached hydrogens (tertiary/aromatic N) is 4. The molecule has 0 aliphatic carbocycles. The lowest BCUT2D eigenvalue weighted by atomic mass is 9.95. The number of sulfonamides is 1. The highest BCUT2D eigenvalue weighted by Gasteiger charge is 2.31. The first-order valence-electron chi connectivity index (χ1n) is 12.2. The molecule has 36 heavy (non-hydrogen) atoms. The molecule has 0 amide bonds. The number of thiazole rings is 1. The normalized spacial score (nSPS) is 17.7. The Morgan fingerprint density at radius 3 is 2.67 bits per heavy atom. The number of aromatic nitrogens is 3. The highest BCUT2D eigenvalue weighted by atomic mass is 32.2. The zero-order valence-electron chi connectivity index (χ0n) is 20.1. The molecule has 0 saturated carbocycles. The molecule has 4 heterocycles. The van der Waals surface area contributed by atoms with Crippen molar-refractivity contribution in [2.45, 2.75) is 38.1 Å². The van der Waals surface area contributed by atoms with Gasteiger partial charge in [0.2, 0.25) is 16.0 Å². The lowest BCUT2D eigenvalue weighted by Gasteiger charge is -2.41. The number of hydrogen-bond acceptors (Lipinski definition) is 9. The number of halogens is 1. The van der Waals surface area contributed by atoms with Gasteiger partial charge in [0.25, 0.3) is 0 Å². The quantitative estimate of drug-likeness (QED) is 0.404. The third-order valence-electron chi connectivity index (χ3n) is 6.70. The van der Waals surface area contributed by atoms with E-state index in [1.165, 1.54) is 17.4 Å². The molecule has 192 valence electrons. The van der Waals surface area contributed by atoms with Crippen LogP contribution in [0, 0.1) is 5.82 Å². The number of nitrogens with two attached hydrogens (primary N) is 1. The van der Waals surface area contributed by atoms with E-state index in [1.807, 2.05) is 0 Å². The van der Waals surface area contributed by atoms with Gasteiger partial charge < -0.3 is 11.1 Å². The average Bonchev–Trinajstić information content (AvgIpc) is 3.25. The minimum atomic E-state index is -3.65. The van der Waals surface area contributed by atoms with E-state index in [2.05, 4.69) is 24.9 Å². The minimum Gasteiger partial charge on any atom is -0.368 e. The van der Waals surface area contributed by atoms with E-state index in [-0.39, 0.29) is 28.9 Å². The van der Waals surface area contributed by atoms with Crippen molar-refractivity contribution in [1.82, 2.24) is 25.2 Å². The smallest absolute Gasteiger partial charge is 0.232 e. The van der Waals surface area contributed by atoms with Gasteiger partial charge in [-0.1, -0.05) is 13.0 Å². The van der Waals surface area contributed by atoms with Gasteiger partial charge in [0.05, 0.1) is 32.7 Å². The topological polar surface area (TPSA) is 126 Å². The van der Waals surface area contributed by atoms with Gasteiger partial charge in [-0.2, -0.15) is 0 Å². The predicted octanol–water partition coefficient (Wildman–Crippen LogP) is 3.29. The standard InChI is InChI=1S/C24H30FN7O2S2/c1-2-12-36(33,34)31-18-5-3-4-17(20(18)25)21-22(19-6-9-28-24(26)29-19)35-23(30-21)15-7-10-32(11-8-15)16-13-27-14-16/h3-6,9,15-16,27,31H,2,7-8,10-14H2,1H3,(H2,26,28,29). The van der Waals surface area contributed by atoms with Gasteiger partial charge in [-0.3, -0.25) is 9.62 Å². The molecular formula is C24H30FN7O2S2. The van der Waals surface area contributed by atoms with Crippen molar-refractivity contribution in [3.05, 3.63) is 41.3 Å². The first-order valence-corrected chi connectivity index (χ1v) is 14.6. The summed E-state index contributed by atoms with van der Waals surface area (Å²) in [5.74, 6) is -0.360. The number of benzene rings is 1. The number of hydrogen-bond donors (Lipinski definition) is 3. The Kier molecular flexibility index (Phi) is 7.20. The molecule has 2 aliphatic rings. The van der Waals surface area contributed by atoms with Crippen LogP contribution in [-0.2, 0) is 10.0 Å². The van der Waals surface area contributed by atoms with Crippen LogP contribution in [-0.4, -0.2) is 66.2 Å². The van der Waals surface area contributed by atoms with Gasteiger partial charge >= 0.3 is 0 Å². The van der Waals surface area contributed by atoms with E-state index >= 15 is 4.39 Å². The first kappa shape index (κ1) is 25.0. The summed E-state index contributed by atoms with van der Waals surface area (Å²) in [5.41, 5.74) is 6.98. The minimum absolute atomic E-state index is 0.0847. The van der Waals surface area contributed by atoms with Gasteiger partial charge in [-0.05, 0) is 50.6 Å². The molecule has 2 saturated heterocycles. The van der Waals surface area contributed by atoms with E-state index in [0.29, 0.717) is 28.7 Å². The van der Waals surface area contributed by atoms with Crippen molar-refractivity contribution in [2.24, 2.45) is 0 Å². The Balaban J connectivity index is 1.51. The SMILES string of the molecule is CCCS(=O)(=O)Nc1cccc(-c2nc(C3CCN(C4CNC4)CC3)sc2-c2ccnc(N)n2)c1F. The number of nitrogens with one attached hydrogen (secondary N) is 2. The van der Waals surface area contributed by atoms with Gasteiger partial charge in [0.15, 0.2) is 5.82 Å². The Hall–Kier alpha value is -2.67. The largest absolute Gasteiger partial charge is 0.368 e. The van der Waals surface area contributed by atoms with Crippen LogP contribution >= 0.6 is 11.3 Å². The molecule has 5 rings (SSSR count). The lowest BCUT2D eigenvalue weighted by molar-refractivity contribution is 0.113. The van der Waals surface area contributed by atoms with Crippen molar-refractivity contribution < 1.29 is 12.8 Å². The van der Waals surface area contributed by atoms with Gasteiger partial charge in [0.1, 0.15) is 0 Å². The van der Waals surface area contributed by atoms with E-state index < -0.39 is 15.8 Å². The second-order valence-electron chi connectivity index (χ2n) is 9.24. The van der Waals surface area contributed by atoms with E-state index in [1.54, 1.807) is 31.3 Å². The second kappa shape index (κ2) is 10.4. The Morgan fingerprint density at radius 1 is 1.22 bits per heavy atom. The summed E-state index contributed by atoms with van der Waals surface area (Å²) < 4.78 is 42.7. The monoisotopic (exact) mass is 531 g/mol. The van der Waals surface area contributed by atoms with Gasteiger partial charge in [-0.15, -0.1) is 11.3 Å². The zero-order chi connectivity index (χ0) is 25.3. The van der Waals surface area contributed by atoms with Crippen LogP contribution in [0.5, 0.6) is 0 Å². The van der Waals surface area contributed by atoms with Crippen LogP contribution in [0.15, 0.2) is 30.5 Å². The van der Waals surface area contributed by atoms with Crippen LogP contribution in [0.4, 0.5) is 16.0 Å². The summed E-state index contributed by atoms with van der Waals surface area (Å²) >= 11 is 1.49. The summed E-state index contributed by atoms with van der Waals surface area (Å²) in [4.78, 5) is 16.5. The molecule has 12 heteroatoms. The highest BCUT2D eigenvalue weighted by molar-refractivity contribution is 7.92. The molecule has 0 radical (unpaired) electrons. The highest BCUT2D eigenvalue weighted by Crippen LogP contribution is 2.42. The summed E-state index contributed by atoms with van der Waals surface area (Å²) in [5, 5.41) is 4.26. The summed E-state index contributed by atoms with van der Waals surface area (Å²) in [7, 11) is -3.65.